The minimum absolute atomic E-state index is 0.0925. The molecular weight excluding hydrogens is 276 g/mol. The summed E-state index contributed by atoms with van der Waals surface area (Å²) in [5.74, 6) is 1.18. The fourth-order valence-corrected chi connectivity index (χ4v) is 4.20. The fraction of sp³-hybridized carbons (Fsp3) is 0.600. The van der Waals surface area contributed by atoms with E-state index in [1.165, 1.54) is 6.20 Å². The Morgan fingerprint density at radius 1 is 1.50 bits per heavy atom. The lowest BCUT2D eigenvalue weighted by Gasteiger charge is -2.25. The summed E-state index contributed by atoms with van der Waals surface area (Å²) >= 11 is 6.00. The SMILES string of the molecule is CNc1ncc(Cl)c(NC2(C)CCS(=O)(=O)C2)n1. The van der Waals surface area contributed by atoms with E-state index in [4.69, 9.17) is 11.6 Å². The van der Waals surface area contributed by atoms with Crippen molar-refractivity contribution in [3.63, 3.8) is 0 Å². The van der Waals surface area contributed by atoms with E-state index in [9.17, 15) is 8.42 Å². The molecule has 2 rings (SSSR count). The summed E-state index contributed by atoms with van der Waals surface area (Å²) in [5, 5.41) is 6.30. The predicted molar refractivity (Wildman–Crippen MR) is 71.9 cm³/mol. The molecule has 0 radical (unpaired) electrons. The van der Waals surface area contributed by atoms with Gasteiger partial charge < -0.3 is 10.6 Å². The molecule has 1 aliphatic rings. The smallest absolute Gasteiger partial charge is 0.224 e. The molecule has 100 valence electrons. The summed E-state index contributed by atoms with van der Waals surface area (Å²) in [7, 11) is -1.26. The first-order valence-corrected chi connectivity index (χ1v) is 7.72. The highest BCUT2D eigenvalue weighted by Gasteiger charge is 2.38. The predicted octanol–water partition coefficient (Wildman–Crippen LogP) is 1.16. The maximum atomic E-state index is 11.5. The second kappa shape index (κ2) is 4.55. The molecule has 1 aliphatic heterocycles. The summed E-state index contributed by atoms with van der Waals surface area (Å²) in [5.41, 5.74) is -0.526. The molecule has 1 saturated heterocycles. The Morgan fingerprint density at radius 3 is 2.78 bits per heavy atom. The number of aromatic nitrogens is 2. The Balaban J connectivity index is 2.24. The van der Waals surface area contributed by atoms with Crippen LogP contribution in [-0.4, -0.2) is 42.5 Å². The van der Waals surface area contributed by atoms with Gasteiger partial charge in [0.05, 0.1) is 23.2 Å². The van der Waals surface area contributed by atoms with Crippen molar-refractivity contribution in [1.82, 2.24) is 9.97 Å². The van der Waals surface area contributed by atoms with Crippen molar-refractivity contribution in [1.29, 1.82) is 0 Å². The molecule has 18 heavy (non-hydrogen) atoms. The summed E-state index contributed by atoms with van der Waals surface area (Å²) in [6.45, 7) is 1.86. The van der Waals surface area contributed by atoms with Gasteiger partial charge in [0.1, 0.15) is 5.02 Å². The molecule has 2 heterocycles. The minimum Gasteiger partial charge on any atom is -0.362 e. The summed E-state index contributed by atoms with van der Waals surface area (Å²) in [6, 6.07) is 0. The number of nitrogens with one attached hydrogen (secondary N) is 2. The van der Waals surface area contributed by atoms with Gasteiger partial charge in [0.2, 0.25) is 5.95 Å². The van der Waals surface area contributed by atoms with E-state index in [0.717, 1.165) is 0 Å². The van der Waals surface area contributed by atoms with Gasteiger partial charge in [-0.15, -0.1) is 0 Å². The van der Waals surface area contributed by atoms with E-state index in [1.807, 2.05) is 6.92 Å². The molecule has 0 saturated carbocycles. The maximum absolute atomic E-state index is 11.5. The highest BCUT2D eigenvalue weighted by atomic mass is 35.5. The zero-order valence-corrected chi connectivity index (χ0v) is 11.8. The van der Waals surface area contributed by atoms with Crippen molar-refractivity contribution in [3.8, 4) is 0 Å². The molecule has 0 aromatic carbocycles. The second-order valence-corrected chi connectivity index (χ2v) is 7.26. The molecular formula is C10H15ClN4O2S. The Labute approximate surface area is 111 Å². The minimum atomic E-state index is -2.97. The van der Waals surface area contributed by atoms with Gasteiger partial charge in [-0.25, -0.2) is 13.4 Å². The molecule has 2 N–H and O–H groups in total. The number of sulfone groups is 1. The monoisotopic (exact) mass is 290 g/mol. The van der Waals surface area contributed by atoms with E-state index < -0.39 is 15.4 Å². The van der Waals surface area contributed by atoms with E-state index >= 15 is 0 Å². The lowest BCUT2D eigenvalue weighted by molar-refractivity contribution is 0.572. The van der Waals surface area contributed by atoms with Crippen molar-refractivity contribution in [2.75, 3.05) is 29.2 Å². The van der Waals surface area contributed by atoms with Crippen LogP contribution in [0.25, 0.3) is 0 Å². The first kappa shape index (κ1) is 13.4. The van der Waals surface area contributed by atoms with Crippen LogP contribution >= 0.6 is 11.6 Å². The van der Waals surface area contributed by atoms with Crippen molar-refractivity contribution in [2.24, 2.45) is 0 Å². The number of rotatable bonds is 3. The zero-order valence-electron chi connectivity index (χ0n) is 10.2. The van der Waals surface area contributed by atoms with Gasteiger partial charge in [0, 0.05) is 7.05 Å². The van der Waals surface area contributed by atoms with Crippen molar-refractivity contribution >= 4 is 33.2 Å². The Kier molecular flexibility index (Phi) is 3.37. The van der Waals surface area contributed by atoms with Crippen molar-refractivity contribution in [2.45, 2.75) is 18.9 Å². The molecule has 1 fully saturated rings. The van der Waals surface area contributed by atoms with Gasteiger partial charge in [0.15, 0.2) is 15.7 Å². The Bertz CT molecular complexity index is 563. The topological polar surface area (TPSA) is 84.0 Å². The van der Waals surface area contributed by atoms with Crippen LogP contribution in [0.1, 0.15) is 13.3 Å². The molecule has 0 bridgehead atoms. The van der Waals surface area contributed by atoms with Gasteiger partial charge >= 0.3 is 0 Å². The number of hydrogen-bond acceptors (Lipinski definition) is 6. The number of anilines is 2. The number of nitrogens with zero attached hydrogens (tertiary/aromatic N) is 2. The van der Waals surface area contributed by atoms with E-state index in [2.05, 4.69) is 20.6 Å². The lowest BCUT2D eigenvalue weighted by atomic mass is 10.0. The Hall–Kier alpha value is -1.08. The quantitative estimate of drug-likeness (QED) is 0.869. The number of halogens is 1. The third-order valence-electron chi connectivity index (χ3n) is 2.89. The van der Waals surface area contributed by atoms with Gasteiger partial charge in [-0.3, -0.25) is 0 Å². The summed E-state index contributed by atoms with van der Waals surface area (Å²) < 4.78 is 23.1. The van der Waals surface area contributed by atoms with Crippen LogP contribution in [0.3, 0.4) is 0 Å². The molecule has 0 aliphatic carbocycles. The van der Waals surface area contributed by atoms with Gasteiger partial charge in [0.25, 0.3) is 0 Å². The lowest BCUT2D eigenvalue weighted by Crippen LogP contribution is -2.36. The second-order valence-electron chi connectivity index (χ2n) is 4.67. The van der Waals surface area contributed by atoms with Gasteiger partial charge in [-0.05, 0) is 13.3 Å². The third kappa shape index (κ3) is 2.84. The highest BCUT2D eigenvalue weighted by Crippen LogP contribution is 2.29. The molecule has 1 aromatic rings. The standard InChI is InChI=1S/C10H15ClN4O2S/c1-10(3-4-18(16,17)6-10)15-8-7(11)5-13-9(12-2)14-8/h5H,3-4,6H2,1-2H3,(H2,12,13,14,15). The van der Waals surface area contributed by atoms with E-state index in [-0.39, 0.29) is 11.5 Å². The zero-order chi connectivity index (χ0) is 13.4. The van der Waals surface area contributed by atoms with Gasteiger partial charge in [-0.2, -0.15) is 4.98 Å². The summed E-state index contributed by atoms with van der Waals surface area (Å²) in [4.78, 5) is 8.16. The maximum Gasteiger partial charge on any atom is 0.224 e. The Morgan fingerprint density at radius 2 is 2.22 bits per heavy atom. The highest BCUT2D eigenvalue weighted by molar-refractivity contribution is 7.91. The summed E-state index contributed by atoms with van der Waals surface area (Å²) in [6.07, 6.45) is 2.03. The normalized spacial score (nSPS) is 25.9. The van der Waals surface area contributed by atoms with Crippen LogP contribution in [0.4, 0.5) is 11.8 Å². The van der Waals surface area contributed by atoms with E-state index in [1.54, 1.807) is 7.05 Å². The molecule has 0 spiro atoms. The van der Waals surface area contributed by atoms with Crippen LogP contribution in [0.15, 0.2) is 6.20 Å². The van der Waals surface area contributed by atoms with Crippen LogP contribution in [-0.2, 0) is 9.84 Å². The number of hydrogen-bond donors (Lipinski definition) is 2. The molecule has 6 nitrogen and oxygen atoms in total. The van der Waals surface area contributed by atoms with Crippen molar-refractivity contribution in [3.05, 3.63) is 11.2 Å². The van der Waals surface area contributed by atoms with Crippen molar-refractivity contribution < 1.29 is 8.42 Å². The third-order valence-corrected chi connectivity index (χ3v) is 5.07. The van der Waals surface area contributed by atoms with Crippen LogP contribution in [0, 0.1) is 0 Å². The van der Waals surface area contributed by atoms with E-state index in [0.29, 0.717) is 23.2 Å². The molecule has 1 unspecified atom stereocenters. The van der Waals surface area contributed by atoms with Crippen LogP contribution < -0.4 is 10.6 Å². The first-order chi connectivity index (χ1) is 8.34. The first-order valence-electron chi connectivity index (χ1n) is 5.52. The average Bonchev–Trinajstić information content (AvgIpc) is 2.56. The van der Waals surface area contributed by atoms with Crippen LogP contribution in [0.2, 0.25) is 5.02 Å². The molecule has 8 heteroatoms. The molecule has 0 amide bonds. The molecule has 1 aromatic heterocycles. The largest absolute Gasteiger partial charge is 0.362 e. The van der Waals surface area contributed by atoms with Gasteiger partial charge in [-0.1, -0.05) is 11.6 Å². The molecule has 1 atom stereocenters. The fourth-order valence-electron chi connectivity index (χ4n) is 1.97. The van der Waals surface area contributed by atoms with Crippen LogP contribution in [0.5, 0.6) is 0 Å². The average molecular weight is 291 g/mol.